The molecular formula is C21H19Cl2NO4. The SMILES string of the molecule is COCCCN1C(=O)C(=O)C(=C(O)c2ccccc2)[C@@H]1c1ccc(Cl)c(Cl)c1. The minimum Gasteiger partial charge on any atom is -0.507 e. The van der Waals surface area contributed by atoms with Crippen LogP contribution >= 0.6 is 23.2 Å². The number of Topliss-reactive ketones (excluding diaryl/α,β-unsaturated/α-hetero) is 1. The van der Waals surface area contributed by atoms with Crippen LogP contribution in [0.5, 0.6) is 0 Å². The molecule has 3 rings (SSSR count). The van der Waals surface area contributed by atoms with Gasteiger partial charge >= 0.3 is 0 Å². The summed E-state index contributed by atoms with van der Waals surface area (Å²) in [4.78, 5) is 27.0. The van der Waals surface area contributed by atoms with E-state index in [9.17, 15) is 14.7 Å². The molecule has 1 heterocycles. The molecular weight excluding hydrogens is 401 g/mol. The fraction of sp³-hybridized carbons (Fsp3) is 0.238. The lowest BCUT2D eigenvalue weighted by atomic mass is 9.95. The zero-order valence-electron chi connectivity index (χ0n) is 15.2. The number of nitrogens with zero attached hydrogens (tertiary/aromatic N) is 1. The molecule has 0 aliphatic carbocycles. The van der Waals surface area contributed by atoms with E-state index < -0.39 is 17.7 Å². The van der Waals surface area contributed by atoms with Gasteiger partial charge in [0.2, 0.25) is 0 Å². The molecule has 7 heteroatoms. The van der Waals surface area contributed by atoms with E-state index in [1.54, 1.807) is 55.6 Å². The predicted octanol–water partition coefficient (Wildman–Crippen LogP) is 4.45. The van der Waals surface area contributed by atoms with E-state index in [0.29, 0.717) is 40.7 Å². The number of ketones is 1. The van der Waals surface area contributed by atoms with Gasteiger partial charge in [-0.05, 0) is 24.1 Å². The van der Waals surface area contributed by atoms with Crippen LogP contribution in [-0.4, -0.2) is 42.0 Å². The summed E-state index contributed by atoms with van der Waals surface area (Å²) in [5.74, 6) is -1.61. The molecule has 1 atom stereocenters. The van der Waals surface area contributed by atoms with E-state index in [4.69, 9.17) is 27.9 Å². The minimum atomic E-state index is -0.758. The van der Waals surface area contributed by atoms with Gasteiger partial charge in [0.25, 0.3) is 11.7 Å². The molecule has 2 aromatic rings. The monoisotopic (exact) mass is 419 g/mol. The molecule has 28 heavy (non-hydrogen) atoms. The summed E-state index contributed by atoms with van der Waals surface area (Å²) in [5, 5.41) is 11.5. The number of benzene rings is 2. The van der Waals surface area contributed by atoms with Crippen molar-refractivity contribution >= 4 is 40.7 Å². The van der Waals surface area contributed by atoms with Gasteiger partial charge in [-0.25, -0.2) is 0 Å². The van der Waals surface area contributed by atoms with Crippen LogP contribution in [0.3, 0.4) is 0 Å². The van der Waals surface area contributed by atoms with E-state index >= 15 is 0 Å². The Hall–Kier alpha value is -2.34. The largest absolute Gasteiger partial charge is 0.507 e. The second-order valence-corrected chi connectivity index (χ2v) is 7.19. The molecule has 1 saturated heterocycles. The lowest BCUT2D eigenvalue weighted by molar-refractivity contribution is -0.140. The van der Waals surface area contributed by atoms with Gasteiger partial charge in [-0.15, -0.1) is 0 Å². The molecule has 146 valence electrons. The first kappa shape index (κ1) is 20.4. The highest BCUT2D eigenvalue weighted by Crippen LogP contribution is 2.40. The first-order valence-electron chi connectivity index (χ1n) is 8.73. The summed E-state index contributed by atoms with van der Waals surface area (Å²) < 4.78 is 5.06. The molecule has 1 aliphatic rings. The molecule has 0 bridgehead atoms. The molecule has 0 spiro atoms. The predicted molar refractivity (Wildman–Crippen MR) is 108 cm³/mol. The number of hydrogen-bond donors (Lipinski definition) is 1. The molecule has 0 aromatic heterocycles. The van der Waals surface area contributed by atoms with Crippen LogP contribution in [0, 0.1) is 0 Å². The van der Waals surface area contributed by atoms with Crippen LogP contribution in [0.4, 0.5) is 0 Å². The number of aliphatic hydroxyl groups is 1. The van der Waals surface area contributed by atoms with Crippen LogP contribution in [0.25, 0.3) is 5.76 Å². The van der Waals surface area contributed by atoms with Crippen LogP contribution in [0.2, 0.25) is 10.0 Å². The number of ether oxygens (including phenoxy) is 1. The smallest absolute Gasteiger partial charge is 0.295 e. The molecule has 1 amide bonds. The number of likely N-dealkylation sites (tertiary alicyclic amines) is 1. The molecule has 5 nitrogen and oxygen atoms in total. The fourth-order valence-corrected chi connectivity index (χ4v) is 3.58. The third-order valence-electron chi connectivity index (χ3n) is 4.59. The molecule has 0 radical (unpaired) electrons. The molecule has 0 unspecified atom stereocenters. The number of carbonyl (C=O) groups excluding carboxylic acids is 2. The Morgan fingerprint density at radius 2 is 1.82 bits per heavy atom. The third kappa shape index (κ3) is 3.92. The van der Waals surface area contributed by atoms with Gasteiger partial charge in [-0.2, -0.15) is 0 Å². The average Bonchev–Trinajstić information content (AvgIpc) is 2.95. The summed E-state index contributed by atoms with van der Waals surface area (Å²) in [6, 6.07) is 12.8. The van der Waals surface area contributed by atoms with Crippen molar-refractivity contribution in [3.05, 3.63) is 75.3 Å². The number of methoxy groups -OCH3 is 1. The zero-order chi connectivity index (χ0) is 20.3. The number of rotatable bonds is 6. The maximum absolute atomic E-state index is 12.8. The van der Waals surface area contributed by atoms with Gasteiger partial charge in [0, 0.05) is 25.8 Å². The van der Waals surface area contributed by atoms with Crippen LogP contribution < -0.4 is 0 Å². The Labute approximate surface area is 173 Å². The van der Waals surface area contributed by atoms with E-state index in [-0.39, 0.29) is 11.3 Å². The van der Waals surface area contributed by atoms with Crippen LogP contribution in [0.15, 0.2) is 54.1 Å². The van der Waals surface area contributed by atoms with E-state index in [2.05, 4.69) is 0 Å². The second kappa shape index (κ2) is 8.78. The van der Waals surface area contributed by atoms with Gasteiger partial charge in [0.15, 0.2) is 0 Å². The standard InChI is InChI=1S/C21H19Cl2NO4/c1-28-11-5-10-24-18(14-8-9-15(22)16(23)12-14)17(20(26)21(24)27)19(25)13-6-3-2-4-7-13/h2-4,6-9,12,18,25H,5,10-11H2,1H3/t18-/m0/s1. The topological polar surface area (TPSA) is 66.8 Å². The van der Waals surface area contributed by atoms with E-state index in [1.807, 2.05) is 0 Å². The number of carbonyl (C=O) groups is 2. The van der Waals surface area contributed by atoms with Crippen LogP contribution in [0.1, 0.15) is 23.6 Å². The number of amides is 1. The maximum atomic E-state index is 12.8. The van der Waals surface area contributed by atoms with Crippen LogP contribution in [-0.2, 0) is 14.3 Å². The number of hydrogen-bond acceptors (Lipinski definition) is 4. The Morgan fingerprint density at radius 3 is 2.46 bits per heavy atom. The lowest BCUT2D eigenvalue weighted by Crippen LogP contribution is -2.31. The van der Waals surface area contributed by atoms with Crippen molar-refractivity contribution in [2.45, 2.75) is 12.5 Å². The van der Waals surface area contributed by atoms with Gasteiger partial charge in [0.1, 0.15) is 5.76 Å². The molecule has 2 aromatic carbocycles. The van der Waals surface area contributed by atoms with E-state index in [0.717, 1.165) is 0 Å². The Bertz CT molecular complexity index is 927. The van der Waals surface area contributed by atoms with Crippen molar-refractivity contribution in [2.24, 2.45) is 0 Å². The summed E-state index contributed by atoms with van der Waals surface area (Å²) in [5.41, 5.74) is 1.10. The zero-order valence-corrected chi connectivity index (χ0v) is 16.7. The highest BCUT2D eigenvalue weighted by atomic mass is 35.5. The second-order valence-electron chi connectivity index (χ2n) is 6.38. The number of halogens is 2. The Morgan fingerprint density at radius 1 is 1.11 bits per heavy atom. The Balaban J connectivity index is 2.13. The van der Waals surface area contributed by atoms with Crippen molar-refractivity contribution < 1.29 is 19.4 Å². The van der Waals surface area contributed by atoms with Crippen molar-refractivity contribution in [1.29, 1.82) is 0 Å². The first-order valence-corrected chi connectivity index (χ1v) is 9.49. The summed E-state index contributed by atoms with van der Waals surface area (Å²) in [6.07, 6.45) is 0.548. The molecule has 1 fully saturated rings. The molecule has 0 saturated carbocycles. The van der Waals surface area contributed by atoms with E-state index in [1.165, 1.54) is 4.90 Å². The molecule has 1 N–H and O–H groups in total. The van der Waals surface area contributed by atoms with Gasteiger partial charge in [-0.1, -0.05) is 59.6 Å². The number of aliphatic hydroxyl groups excluding tert-OH is 1. The van der Waals surface area contributed by atoms with Crippen molar-refractivity contribution in [1.82, 2.24) is 4.90 Å². The maximum Gasteiger partial charge on any atom is 0.295 e. The quantitative estimate of drug-likeness (QED) is 0.325. The van der Waals surface area contributed by atoms with Gasteiger partial charge in [-0.3, -0.25) is 9.59 Å². The highest BCUT2D eigenvalue weighted by molar-refractivity contribution is 6.46. The van der Waals surface area contributed by atoms with Gasteiger partial charge < -0.3 is 14.7 Å². The highest BCUT2D eigenvalue weighted by Gasteiger charge is 2.45. The normalized spacial score (nSPS) is 18.7. The first-order chi connectivity index (χ1) is 13.5. The average molecular weight is 420 g/mol. The van der Waals surface area contributed by atoms with Crippen molar-refractivity contribution in [3.8, 4) is 0 Å². The van der Waals surface area contributed by atoms with Crippen molar-refractivity contribution in [3.63, 3.8) is 0 Å². The summed E-state index contributed by atoms with van der Waals surface area (Å²) in [6.45, 7) is 0.741. The lowest BCUT2D eigenvalue weighted by Gasteiger charge is -2.25. The molecule has 1 aliphatic heterocycles. The third-order valence-corrected chi connectivity index (χ3v) is 5.33. The van der Waals surface area contributed by atoms with Gasteiger partial charge in [0.05, 0.1) is 21.7 Å². The summed E-state index contributed by atoms with van der Waals surface area (Å²) in [7, 11) is 1.57. The summed E-state index contributed by atoms with van der Waals surface area (Å²) >= 11 is 12.2. The minimum absolute atomic E-state index is 0.0343. The fourth-order valence-electron chi connectivity index (χ4n) is 3.27. The van der Waals surface area contributed by atoms with Crippen molar-refractivity contribution in [2.75, 3.05) is 20.3 Å². The Kier molecular flexibility index (Phi) is 6.39.